The molecule has 3 nitrogen and oxygen atoms in total. The van der Waals surface area contributed by atoms with Gasteiger partial charge in [0.2, 0.25) is 0 Å². The van der Waals surface area contributed by atoms with Crippen LogP contribution in [0, 0.1) is 0 Å². The molecule has 0 N–H and O–H groups in total. The number of hydrogen-bond donors (Lipinski definition) is 0. The molecule has 1 aliphatic rings. The summed E-state index contributed by atoms with van der Waals surface area (Å²) in [6.45, 7) is 4.90. The third-order valence-corrected chi connectivity index (χ3v) is 4.95. The largest absolute Gasteiger partial charge is 0.301 e. The van der Waals surface area contributed by atoms with Crippen LogP contribution in [0.1, 0.15) is 25.3 Å². The van der Waals surface area contributed by atoms with Crippen molar-refractivity contribution in [2.45, 2.75) is 25.2 Å². The van der Waals surface area contributed by atoms with Crippen LogP contribution in [0.3, 0.4) is 0 Å². The average molecular weight is 281 g/mol. The second-order valence-electron chi connectivity index (χ2n) is 5.94. The molecule has 1 aromatic rings. The fourth-order valence-corrected chi connectivity index (χ4v) is 3.50. The highest BCUT2D eigenvalue weighted by Crippen LogP contribution is 2.33. The standard InChI is InChI=1S/C15H23NO2S/c1-15(14-7-4-3-5-8-14)9-6-10-16(13-15)11-12-19(2,17)18/h3-5,7-8H,6,9-13H2,1-2H3/t15-/m0/s1. The van der Waals surface area contributed by atoms with Crippen molar-refractivity contribution < 1.29 is 8.42 Å². The van der Waals surface area contributed by atoms with Crippen LogP contribution in [-0.4, -0.2) is 45.0 Å². The van der Waals surface area contributed by atoms with Gasteiger partial charge in [-0.2, -0.15) is 0 Å². The van der Waals surface area contributed by atoms with Gasteiger partial charge in [0.15, 0.2) is 0 Å². The topological polar surface area (TPSA) is 37.4 Å². The molecule has 0 bridgehead atoms. The van der Waals surface area contributed by atoms with Crippen molar-refractivity contribution in [2.75, 3.05) is 31.6 Å². The maximum Gasteiger partial charge on any atom is 0.148 e. The van der Waals surface area contributed by atoms with E-state index in [1.165, 1.54) is 18.2 Å². The molecule has 1 fully saturated rings. The lowest BCUT2D eigenvalue weighted by atomic mass is 9.76. The maximum absolute atomic E-state index is 11.3. The normalized spacial score (nSPS) is 25.4. The molecular weight excluding hydrogens is 258 g/mol. The first-order chi connectivity index (χ1) is 8.89. The van der Waals surface area contributed by atoms with E-state index in [1.54, 1.807) is 0 Å². The fourth-order valence-electron chi connectivity index (χ4n) is 2.91. The fraction of sp³-hybridized carbons (Fsp3) is 0.600. The Labute approximate surface area is 116 Å². The van der Waals surface area contributed by atoms with E-state index in [1.807, 2.05) is 6.07 Å². The molecule has 0 spiro atoms. The van der Waals surface area contributed by atoms with Gasteiger partial charge in [-0.15, -0.1) is 0 Å². The zero-order chi connectivity index (χ0) is 13.9. The molecule has 0 radical (unpaired) electrons. The molecule has 1 heterocycles. The van der Waals surface area contributed by atoms with Crippen LogP contribution in [0.2, 0.25) is 0 Å². The predicted molar refractivity (Wildman–Crippen MR) is 79.2 cm³/mol. The molecule has 0 amide bonds. The van der Waals surface area contributed by atoms with E-state index in [0.29, 0.717) is 6.54 Å². The second kappa shape index (κ2) is 5.63. The quantitative estimate of drug-likeness (QED) is 0.848. The van der Waals surface area contributed by atoms with E-state index >= 15 is 0 Å². The maximum atomic E-state index is 11.3. The summed E-state index contributed by atoms with van der Waals surface area (Å²) in [5.41, 5.74) is 1.51. The predicted octanol–water partition coefficient (Wildman–Crippen LogP) is 2.08. The highest BCUT2D eigenvalue weighted by Gasteiger charge is 2.32. The molecule has 1 saturated heterocycles. The second-order valence-corrected chi connectivity index (χ2v) is 8.20. The molecule has 2 rings (SSSR count). The first-order valence-corrected chi connectivity index (χ1v) is 8.91. The summed E-state index contributed by atoms with van der Waals surface area (Å²) in [6, 6.07) is 10.6. The van der Waals surface area contributed by atoms with Gasteiger partial charge >= 0.3 is 0 Å². The first kappa shape index (κ1) is 14.5. The number of rotatable bonds is 4. The lowest BCUT2D eigenvalue weighted by Crippen LogP contribution is -2.45. The molecule has 0 aliphatic carbocycles. The summed E-state index contributed by atoms with van der Waals surface area (Å²) < 4.78 is 22.6. The van der Waals surface area contributed by atoms with Gasteiger partial charge in [-0.25, -0.2) is 8.42 Å². The van der Waals surface area contributed by atoms with Crippen molar-refractivity contribution in [1.29, 1.82) is 0 Å². The first-order valence-electron chi connectivity index (χ1n) is 6.85. The Morgan fingerprint density at radius 3 is 2.58 bits per heavy atom. The minimum absolute atomic E-state index is 0.150. The number of hydrogen-bond acceptors (Lipinski definition) is 3. The SMILES string of the molecule is C[C@]1(c2ccccc2)CCCN(CCS(C)(=O)=O)C1. The van der Waals surface area contributed by atoms with Gasteiger partial charge in [0, 0.05) is 24.8 Å². The Morgan fingerprint density at radius 2 is 1.95 bits per heavy atom. The van der Waals surface area contributed by atoms with Gasteiger partial charge in [-0.1, -0.05) is 37.3 Å². The Bertz CT molecular complexity index is 512. The van der Waals surface area contributed by atoms with Crippen molar-refractivity contribution in [2.24, 2.45) is 0 Å². The molecule has 106 valence electrons. The smallest absolute Gasteiger partial charge is 0.148 e. The molecule has 4 heteroatoms. The summed E-state index contributed by atoms with van der Waals surface area (Å²) in [6.07, 6.45) is 3.62. The van der Waals surface area contributed by atoms with E-state index in [9.17, 15) is 8.42 Å². The molecule has 1 aliphatic heterocycles. The minimum atomic E-state index is -2.87. The van der Waals surface area contributed by atoms with E-state index < -0.39 is 9.84 Å². The van der Waals surface area contributed by atoms with Crippen molar-refractivity contribution in [3.05, 3.63) is 35.9 Å². The van der Waals surface area contributed by atoms with Crippen molar-refractivity contribution in [3.8, 4) is 0 Å². The molecule has 19 heavy (non-hydrogen) atoms. The Hall–Kier alpha value is -0.870. The average Bonchev–Trinajstić information content (AvgIpc) is 2.37. The molecule has 1 aromatic carbocycles. The Morgan fingerprint density at radius 1 is 1.26 bits per heavy atom. The summed E-state index contributed by atoms with van der Waals surface area (Å²) in [4.78, 5) is 2.29. The number of benzene rings is 1. The molecule has 1 atom stereocenters. The lowest BCUT2D eigenvalue weighted by molar-refractivity contribution is 0.164. The molecule has 0 saturated carbocycles. The van der Waals surface area contributed by atoms with Crippen LogP contribution in [0.5, 0.6) is 0 Å². The van der Waals surface area contributed by atoms with E-state index in [4.69, 9.17) is 0 Å². The number of likely N-dealkylation sites (tertiary alicyclic amines) is 1. The summed E-state index contributed by atoms with van der Waals surface area (Å²) in [7, 11) is -2.87. The third-order valence-electron chi connectivity index (χ3n) is 4.02. The van der Waals surface area contributed by atoms with E-state index in [2.05, 4.69) is 36.1 Å². The van der Waals surface area contributed by atoms with Crippen LogP contribution >= 0.6 is 0 Å². The van der Waals surface area contributed by atoms with Crippen LogP contribution in [-0.2, 0) is 15.3 Å². The van der Waals surface area contributed by atoms with Gasteiger partial charge in [-0.05, 0) is 24.9 Å². The van der Waals surface area contributed by atoms with Gasteiger partial charge in [0.1, 0.15) is 9.84 Å². The van der Waals surface area contributed by atoms with Crippen molar-refractivity contribution in [3.63, 3.8) is 0 Å². The zero-order valence-corrected chi connectivity index (χ0v) is 12.6. The van der Waals surface area contributed by atoms with Crippen molar-refractivity contribution >= 4 is 9.84 Å². The Balaban J connectivity index is 2.04. The molecular formula is C15H23NO2S. The van der Waals surface area contributed by atoms with E-state index in [-0.39, 0.29) is 11.2 Å². The Kier molecular flexibility index (Phi) is 4.31. The minimum Gasteiger partial charge on any atom is -0.301 e. The lowest BCUT2D eigenvalue weighted by Gasteiger charge is -2.41. The highest BCUT2D eigenvalue weighted by atomic mass is 32.2. The zero-order valence-electron chi connectivity index (χ0n) is 11.8. The van der Waals surface area contributed by atoms with Gasteiger partial charge in [0.25, 0.3) is 0 Å². The van der Waals surface area contributed by atoms with Crippen LogP contribution in [0.25, 0.3) is 0 Å². The summed E-state index contributed by atoms with van der Waals surface area (Å²) in [5.74, 6) is 0.262. The van der Waals surface area contributed by atoms with Gasteiger partial charge < -0.3 is 4.90 Å². The highest BCUT2D eigenvalue weighted by molar-refractivity contribution is 7.90. The van der Waals surface area contributed by atoms with Gasteiger partial charge in [-0.3, -0.25) is 0 Å². The molecule has 0 unspecified atom stereocenters. The summed E-state index contributed by atoms with van der Waals surface area (Å²) in [5, 5.41) is 0. The molecule has 0 aromatic heterocycles. The number of nitrogens with zero attached hydrogens (tertiary/aromatic N) is 1. The van der Waals surface area contributed by atoms with Crippen molar-refractivity contribution in [1.82, 2.24) is 4.90 Å². The van der Waals surface area contributed by atoms with Crippen LogP contribution in [0.4, 0.5) is 0 Å². The van der Waals surface area contributed by atoms with Crippen LogP contribution in [0.15, 0.2) is 30.3 Å². The monoisotopic (exact) mass is 281 g/mol. The third kappa shape index (κ3) is 4.05. The number of sulfone groups is 1. The summed E-state index contributed by atoms with van der Waals surface area (Å²) >= 11 is 0. The van der Waals surface area contributed by atoms with E-state index in [0.717, 1.165) is 19.5 Å². The number of piperidine rings is 1. The van der Waals surface area contributed by atoms with Gasteiger partial charge in [0.05, 0.1) is 5.75 Å². The van der Waals surface area contributed by atoms with Crippen LogP contribution < -0.4 is 0 Å².